The van der Waals surface area contributed by atoms with E-state index in [4.69, 9.17) is 15.7 Å². The van der Waals surface area contributed by atoms with Crippen molar-refractivity contribution in [3.05, 3.63) is 29.8 Å². The van der Waals surface area contributed by atoms with Gasteiger partial charge in [0, 0.05) is 7.05 Å². The van der Waals surface area contributed by atoms with Crippen molar-refractivity contribution in [2.45, 2.75) is 19.4 Å². The lowest BCUT2D eigenvalue weighted by molar-refractivity contribution is -0.129. The largest absolute Gasteiger partial charge is 0.497 e. The van der Waals surface area contributed by atoms with E-state index in [1.807, 2.05) is 18.2 Å². The summed E-state index contributed by atoms with van der Waals surface area (Å²) in [6.45, 7) is 1.69. The minimum absolute atomic E-state index is 0.00138. The van der Waals surface area contributed by atoms with Gasteiger partial charge in [0.15, 0.2) is 5.84 Å². The molecule has 0 radical (unpaired) electrons. The van der Waals surface area contributed by atoms with Gasteiger partial charge in [-0.3, -0.25) is 4.79 Å². The maximum atomic E-state index is 12.1. The SMILES string of the molecule is COc1cccc(CC(=O)N(C)C(C)C(N)=NO)c1. The first-order valence-electron chi connectivity index (χ1n) is 5.85. The zero-order valence-corrected chi connectivity index (χ0v) is 11.3. The van der Waals surface area contributed by atoms with Crippen molar-refractivity contribution in [1.82, 2.24) is 4.90 Å². The first-order valence-corrected chi connectivity index (χ1v) is 5.85. The Morgan fingerprint density at radius 3 is 2.84 bits per heavy atom. The number of amidine groups is 1. The highest BCUT2D eigenvalue weighted by Gasteiger charge is 2.19. The molecule has 0 heterocycles. The Morgan fingerprint density at radius 1 is 1.58 bits per heavy atom. The van der Waals surface area contributed by atoms with Crippen molar-refractivity contribution < 1.29 is 14.7 Å². The van der Waals surface area contributed by atoms with Crippen molar-refractivity contribution >= 4 is 11.7 Å². The van der Waals surface area contributed by atoms with E-state index >= 15 is 0 Å². The number of carbonyl (C=O) groups is 1. The molecule has 104 valence electrons. The van der Waals surface area contributed by atoms with Crippen molar-refractivity contribution in [3.63, 3.8) is 0 Å². The molecule has 1 amide bonds. The Kier molecular flexibility index (Phi) is 5.17. The summed E-state index contributed by atoms with van der Waals surface area (Å²) in [6, 6.07) is 6.84. The summed E-state index contributed by atoms with van der Waals surface area (Å²) in [7, 11) is 3.19. The maximum Gasteiger partial charge on any atom is 0.227 e. The van der Waals surface area contributed by atoms with Gasteiger partial charge in [-0.25, -0.2) is 0 Å². The molecular weight excluding hydrogens is 246 g/mol. The van der Waals surface area contributed by atoms with Crippen LogP contribution in [0.4, 0.5) is 0 Å². The van der Waals surface area contributed by atoms with Crippen LogP contribution in [-0.4, -0.2) is 42.0 Å². The summed E-state index contributed by atoms with van der Waals surface area (Å²) >= 11 is 0. The summed E-state index contributed by atoms with van der Waals surface area (Å²) in [5, 5.41) is 11.5. The minimum Gasteiger partial charge on any atom is -0.497 e. The van der Waals surface area contributed by atoms with Gasteiger partial charge in [0.2, 0.25) is 5.91 Å². The average Bonchev–Trinajstić information content (AvgIpc) is 2.44. The fraction of sp³-hybridized carbons (Fsp3) is 0.385. The molecule has 1 aromatic carbocycles. The smallest absolute Gasteiger partial charge is 0.227 e. The van der Waals surface area contributed by atoms with Gasteiger partial charge in [-0.05, 0) is 24.6 Å². The molecule has 1 aromatic rings. The van der Waals surface area contributed by atoms with E-state index in [9.17, 15) is 4.79 Å². The lowest BCUT2D eigenvalue weighted by Gasteiger charge is -2.23. The number of hydrogen-bond acceptors (Lipinski definition) is 4. The van der Waals surface area contributed by atoms with Crippen molar-refractivity contribution in [2.24, 2.45) is 10.9 Å². The molecule has 1 atom stereocenters. The Hall–Kier alpha value is -2.24. The lowest BCUT2D eigenvalue weighted by atomic mass is 10.1. The molecular formula is C13H19N3O3. The van der Waals surface area contributed by atoms with Gasteiger partial charge >= 0.3 is 0 Å². The third kappa shape index (κ3) is 3.87. The monoisotopic (exact) mass is 265 g/mol. The summed E-state index contributed by atoms with van der Waals surface area (Å²) in [6.07, 6.45) is 0.233. The van der Waals surface area contributed by atoms with Crippen LogP contribution >= 0.6 is 0 Å². The Labute approximate surface area is 112 Å². The number of methoxy groups -OCH3 is 1. The first-order chi connectivity index (χ1) is 8.99. The van der Waals surface area contributed by atoms with Crippen molar-refractivity contribution in [1.29, 1.82) is 0 Å². The molecule has 0 aliphatic rings. The highest BCUT2D eigenvalue weighted by Crippen LogP contribution is 2.14. The lowest BCUT2D eigenvalue weighted by Crippen LogP contribution is -2.44. The Morgan fingerprint density at radius 2 is 2.26 bits per heavy atom. The van der Waals surface area contributed by atoms with Crippen LogP contribution in [0.3, 0.4) is 0 Å². The summed E-state index contributed by atoms with van der Waals surface area (Å²) in [5.74, 6) is 0.589. The van der Waals surface area contributed by atoms with Gasteiger partial charge in [-0.15, -0.1) is 0 Å². The second kappa shape index (κ2) is 6.63. The normalized spacial score (nSPS) is 12.9. The third-order valence-electron chi connectivity index (χ3n) is 3.01. The minimum atomic E-state index is -0.455. The van der Waals surface area contributed by atoms with E-state index in [1.165, 1.54) is 4.90 Å². The highest BCUT2D eigenvalue weighted by atomic mass is 16.5. The average molecular weight is 265 g/mol. The fourth-order valence-electron chi connectivity index (χ4n) is 1.58. The van der Waals surface area contributed by atoms with E-state index in [0.717, 1.165) is 5.56 Å². The topological polar surface area (TPSA) is 88.2 Å². The van der Waals surface area contributed by atoms with Crippen LogP contribution in [-0.2, 0) is 11.2 Å². The number of rotatable bonds is 5. The third-order valence-corrected chi connectivity index (χ3v) is 3.01. The molecule has 6 nitrogen and oxygen atoms in total. The fourth-order valence-corrected chi connectivity index (χ4v) is 1.58. The number of carbonyl (C=O) groups excluding carboxylic acids is 1. The molecule has 1 unspecified atom stereocenters. The molecule has 0 aliphatic heterocycles. The molecule has 0 aliphatic carbocycles. The highest BCUT2D eigenvalue weighted by molar-refractivity contribution is 5.90. The molecule has 0 saturated heterocycles. The van der Waals surface area contributed by atoms with Crippen LogP contribution < -0.4 is 10.5 Å². The Bertz CT molecular complexity index is 474. The number of nitrogens with zero attached hydrogens (tertiary/aromatic N) is 2. The van der Waals surface area contributed by atoms with Crippen LogP contribution in [0.5, 0.6) is 5.75 Å². The van der Waals surface area contributed by atoms with Gasteiger partial charge in [0.1, 0.15) is 5.75 Å². The van der Waals surface area contributed by atoms with Gasteiger partial charge in [0.25, 0.3) is 0 Å². The molecule has 0 saturated carbocycles. The zero-order chi connectivity index (χ0) is 14.4. The van der Waals surface area contributed by atoms with E-state index in [-0.39, 0.29) is 18.2 Å². The van der Waals surface area contributed by atoms with Crippen molar-refractivity contribution in [2.75, 3.05) is 14.2 Å². The molecule has 0 spiro atoms. The predicted molar refractivity (Wildman–Crippen MR) is 72.3 cm³/mol. The van der Waals surface area contributed by atoms with Gasteiger partial charge in [-0.1, -0.05) is 17.3 Å². The predicted octanol–water partition coefficient (Wildman–Crippen LogP) is 0.831. The maximum absolute atomic E-state index is 12.1. The van der Waals surface area contributed by atoms with Gasteiger partial charge < -0.3 is 20.6 Å². The number of oxime groups is 1. The van der Waals surface area contributed by atoms with E-state index in [1.54, 1.807) is 27.1 Å². The van der Waals surface area contributed by atoms with Crippen molar-refractivity contribution in [3.8, 4) is 5.75 Å². The number of hydrogen-bond donors (Lipinski definition) is 2. The zero-order valence-electron chi connectivity index (χ0n) is 11.3. The summed E-state index contributed by atoms with van der Waals surface area (Å²) in [5.41, 5.74) is 6.33. The number of amides is 1. The molecule has 0 aromatic heterocycles. The number of likely N-dealkylation sites (N-methyl/N-ethyl adjacent to an activating group) is 1. The number of ether oxygens (including phenoxy) is 1. The first kappa shape index (κ1) is 14.8. The van der Waals surface area contributed by atoms with Gasteiger partial charge in [0.05, 0.1) is 19.6 Å². The second-order valence-electron chi connectivity index (χ2n) is 4.23. The summed E-state index contributed by atoms with van der Waals surface area (Å²) < 4.78 is 5.10. The number of nitrogens with two attached hydrogens (primary N) is 1. The second-order valence-corrected chi connectivity index (χ2v) is 4.23. The molecule has 19 heavy (non-hydrogen) atoms. The quantitative estimate of drug-likeness (QED) is 0.357. The van der Waals surface area contributed by atoms with Crippen LogP contribution in [0.15, 0.2) is 29.4 Å². The molecule has 0 bridgehead atoms. The standard InChI is InChI=1S/C13H19N3O3/c1-9(13(14)15-18)16(2)12(17)8-10-5-4-6-11(7-10)19-3/h4-7,9,18H,8H2,1-3H3,(H2,14,15). The van der Waals surface area contributed by atoms with Crippen LogP contribution in [0, 0.1) is 0 Å². The molecule has 3 N–H and O–H groups in total. The van der Waals surface area contributed by atoms with Gasteiger partial charge in [-0.2, -0.15) is 0 Å². The summed E-state index contributed by atoms with van der Waals surface area (Å²) in [4.78, 5) is 13.5. The van der Waals surface area contributed by atoms with Crippen LogP contribution in [0.1, 0.15) is 12.5 Å². The Balaban J connectivity index is 2.73. The molecule has 6 heteroatoms. The molecule has 1 rings (SSSR count). The van der Waals surface area contributed by atoms with E-state index < -0.39 is 6.04 Å². The van der Waals surface area contributed by atoms with Crippen LogP contribution in [0.2, 0.25) is 0 Å². The molecule has 0 fully saturated rings. The van der Waals surface area contributed by atoms with E-state index in [0.29, 0.717) is 5.75 Å². The van der Waals surface area contributed by atoms with Crippen LogP contribution in [0.25, 0.3) is 0 Å². The number of benzene rings is 1. The van der Waals surface area contributed by atoms with E-state index in [2.05, 4.69) is 5.16 Å².